The summed E-state index contributed by atoms with van der Waals surface area (Å²) in [6.45, 7) is 5.67. The molecule has 2 nitrogen and oxygen atoms in total. The maximum Gasteiger partial charge on any atom is 0.0414 e. The number of benzene rings is 1. The maximum absolute atomic E-state index is 3.56. The number of fused-ring (bicyclic) bond motifs is 1. The Morgan fingerprint density at radius 3 is 2.95 bits per heavy atom. The standard InChI is InChI=1S/C17H26N2/c1-2-14-7-3-5-9-16(14)19-12-11-18-13-15-8-4-6-10-17(15)19/h4,6,8,10,14,16,18H,2-3,5,7,9,11-13H2,1H3. The summed E-state index contributed by atoms with van der Waals surface area (Å²) in [6, 6.07) is 9.73. The molecule has 1 aromatic carbocycles. The first-order valence-corrected chi connectivity index (χ1v) is 7.95. The Balaban J connectivity index is 1.90. The van der Waals surface area contributed by atoms with Crippen LogP contribution in [-0.2, 0) is 6.54 Å². The molecule has 3 rings (SSSR count). The minimum absolute atomic E-state index is 0.764. The maximum atomic E-state index is 3.56. The van der Waals surface area contributed by atoms with E-state index in [1.165, 1.54) is 43.4 Å². The van der Waals surface area contributed by atoms with Gasteiger partial charge in [-0.3, -0.25) is 0 Å². The van der Waals surface area contributed by atoms with Crippen molar-refractivity contribution >= 4 is 5.69 Å². The normalized spacial score (nSPS) is 27.7. The molecule has 104 valence electrons. The molecule has 2 unspecified atom stereocenters. The number of hydrogen-bond acceptors (Lipinski definition) is 2. The number of nitrogens with one attached hydrogen (secondary N) is 1. The van der Waals surface area contributed by atoms with Crippen LogP contribution in [0.1, 0.15) is 44.6 Å². The smallest absolute Gasteiger partial charge is 0.0414 e. The molecule has 0 bridgehead atoms. The third-order valence-corrected chi connectivity index (χ3v) is 4.94. The molecule has 1 N–H and O–H groups in total. The molecule has 0 radical (unpaired) electrons. The van der Waals surface area contributed by atoms with E-state index in [-0.39, 0.29) is 0 Å². The second kappa shape index (κ2) is 5.96. The summed E-state index contributed by atoms with van der Waals surface area (Å²) in [7, 11) is 0. The van der Waals surface area contributed by atoms with E-state index in [1.807, 2.05) is 0 Å². The molecule has 2 heteroatoms. The van der Waals surface area contributed by atoms with E-state index >= 15 is 0 Å². The zero-order valence-corrected chi connectivity index (χ0v) is 12.1. The number of hydrogen-bond donors (Lipinski definition) is 1. The van der Waals surface area contributed by atoms with Crippen LogP contribution >= 0.6 is 0 Å². The van der Waals surface area contributed by atoms with Gasteiger partial charge in [0, 0.05) is 31.4 Å². The fraction of sp³-hybridized carbons (Fsp3) is 0.647. The van der Waals surface area contributed by atoms with Crippen molar-refractivity contribution in [3.05, 3.63) is 29.8 Å². The van der Waals surface area contributed by atoms with Gasteiger partial charge in [0.25, 0.3) is 0 Å². The number of para-hydroxylation sites is 1. The minimum atomic E-state index is 0.764. The highest BCUT2D eigenvalue weighted by atomic mass is 15.2. The molecular formula is C17H26N2. The summed E-state index contributed by atoms with van der Waals surface area (Å²) in [5.74, 6) is 0.889. The first-order chi connectivity index (χ1) is 9.40. The van der Waals surface area contributed by atoms with Crippen LogP contribution in [0, 0.1) is 5.92 Å². The highest BCUT2D eigenvalue weighted by Gasteiger charge is 2.30. The minimum Gasteiger partial charge on any atom is -0.367 e. The van der Waals surface area contributed by atoms with Crippen molar-refractivity contribution in [2.75, 3.05) is 18.0 Å². The first-order valence-electron chi connectivity index (χ1n) is 7.95. The average molecular weight is 258 g/mol. The fourth-order valence-electron chi connectivity index (χ4n) is 3.90. The second-order valence-electron chi connectivity index (χ2n) is 6.02. The lowest BCUT2D eigenvalue weighted by atomic mass is 9.81. The van der Waals surface area contributed by atoms with Gasteiger partial charge >= 0.3 is 0 Å². The monoisotopic (exact) mass is 258 g/mol. The average Bonchev–Trinajstić information content (AvgIpc) is 2.69. The van der Waals surface area contributed by atoms with Gasteiger partial charge < -0.3 is 10.2 Å². The predicted octanol–water partition coefficient (Wildman–Crippen LogP) is 3.57. The molecule has 19 heavy (non-hydrogen) atoms. The van der Waals surface area contributed by atoms with Crippen LogP contribution in [0.5, 0.6) is 0 Å². The first kappa shape index (κ1) is 13.0. The Hall–Kier alpha value is -1.02. The predicted molar refractivity (Wildman–Crippen MR) is 81.5 cm³/mol. The Morgan fingerprint density at radius 2 is 2.05 bits per heavy atom. The largest absolute Gasteiger partial charge is 0.367 e. The van der Waals surface area contributed by atoms with Gasteiger partial charge in [-0.15, -0.1) is 0 Å². The summed E-state index contributed by atoms with van der Waals surface area (Å²) < 4.78 is 0. The Bertz CT molecular complexity index is 415. The van der Waals surface area contributed by atoms with Crippen molar-refractivity contribution in [3.63, 3.8) is 0 Å². The van der Waals surface area contributed by atoms with Gasteiger partial charge in [-0.1, -0.05) is 44.4 Å². The molecule has 2 atom stereocenters. The Labute approximate surface area is 117 Å². The van der Waals surface area contributed by atoms with Crippen LogP contribution in [0.25, 0.3) is 0 Å². The lowest BCUT2D eigenvalue weighted by Gasteiger charge is -2.41. The van der Waals surface area contributed by atoms with E-state index in [4.69, 9.17) is 0 Å². The molecule has 1 aromatic rings. The lowest BCUT2D eigenvalue weighted by Crippen LogP contribution is -2.44. The number of nitrogens with zero attached hydrogens (tertiary/aromatic N) is 1. The highest BCUT2D eigenvalue weighted by Crippen LogP contribution is 2.35. The zero-order chi connectivity index (χ0) is 13.1. The lowest BCUT2D eigenvalue weighted by molar-refractivity contribution is 0.285. The van der Waals surface area contributed by atoms with Crippen molar-refractivity contribution in [2.45, 2.75) is 51.6 Å². The van der Waals surface area contributed by atoms with Gasteiger partial charge in [-0.25, -0.2) is 0 Å². The Kier molecular flexibility index (Phi) is 4.07. The summed E-state index contributed by atoms with van der Waals surface area (Å²) in [4.78, 5) is 2.71. The summed E-state index contributed by atoms with van der Waals surface area (Å²) in [6.07, 6.45) is 6.98. The zero-order valence-electron chi connectivity index (χ0n) is 12.1. The van der Waals surface area contributed by atoms with Gasteiger partial charge in [0.2, 0.25) is 0 Å². The quantitative estimate of drug-likeness (QED) is 0.872. The highest BCUT2D eigenvalue weighted by molar-refractivity contribution is 5.55. The molecule has 1 aliphatic heterocycles. The molecule has 1 heterocycles. The van der Waals surface area contributed by atoms with Gasteiger partial charge in [0.05, 0.1) is 0 Å². The van der Waals surface area contributed by atoms with Gasteiger partial charge in [-0.05, 0) is 30.4 Å². The fourth-order valence-corrected chi connectivity index (χ4v) is 3.90. The summed E-state index contributed by atoms with van der Waals surface area (Å²) >= 11 is 0. The molecule has 0 amide bonds. The van der Waals surface area contributed by atoms with Crippen LogP contribution in [-0.4, -0.2) is 19.1 Å². The van der Waals surface area contributed by atoms with Crippen molar-refractivity contribution in [1.29, 1.82) is 0 Å². The van der Waals surface area contributed by atoms with Crippen molar-refractivity contribution < 1.29 is 0 Å². The van der Waals surface area contributed by atoms with E-state index in [2.05, 4.69) is 41.4 Å². The van der Waals surface area contributed by atoms with Crippen LogP contribution < -0.4 is 10.2 Å². The second-order valence-corrected chi connectivity index (χ2v) is 6.02. The van der Waals surface area contributed by atoms with Crippen LogP contribution in [0.4, 0.5) is 5.69 Å². The molecule has 0 saturated heterocycles. The van der Waals surface area contributed by atoms with E-state index in [9.17, 15) is 0 Å². The SMILES string of the molecule is CCC1CCCCC1N1CCNCc2ccccc21. The molecule has 0 aromatic heterocycles. The van der Waals surface area contributed by atoms with Crippen molar-refractivity contribution in [1.82, 2.24) is 5.32 Å². The van der Waals surface area contributed by atoms with Gasteiger partial charge in [0.1, 0.15) is 0 Å². The van der Waals surface area contributed by atoms with Crippen molar-refractivity contribution in [3.8, 4) is 0 Å². The van der Waals surface area contributed by atoms with Crippen LogP contribution in [0.2, 0.25) is 0 Å². The molecule has 1 aliphatic carbocycles. The molecule has 0 spiro atoms. The van der Waals surface area contributed by atoms with Crippen molar-refractivity contribution in [2.24, 2.45) is 5.92 Å². The molecule has 1 saturated carbocycles. The molecule has 2 aliphatic rings. The topological polar surface area (TPSA) is 15.3 Å². The van der Waals surface area contributed by atoms with E-state index in [1.54, 1.807) is 0 Å². The van der Waals surface area contributed by atoms with E-state index in [0.717, 1.165) is 31.6 Å². The Morgan fingerprint density at radius 1 is 1.21 bits per heavy atom. The van der Waals surface area contributed by atoms with Gasteiger partial charge in [0.15, 0.2) is 0 Å². The van der Waals surface area contributed by atoms with E-state index < -0.39 is 0 Å². The number of rotatable bonds is 2. The molecular weight excluding hydrogens is 232 g/mol. The van der Waals surface area contributed by atoms with Crippen LogP contribution in [0.3, 0.4) is 0 Å². The summed E-state index contributed by atoms with van der Waals surface area (Å²) in [5, 5.41) is 3.56. The third kappa shape index (κ3) is 2.64. The molecule has 1 fully saturated rings. The van der Waals surface area contributed by atoms with E-state index in [0.29, 0.717) is 0 Å². The van der Waals surface area contributed by atoms with Crippen LogP contribution in [0.15, 0.2) is 24.3 Å². The third-order valence-electron chi connectivity index (χ3n) is 4.94. The number of anilines is 1. The van der Waals surface area contributed by atoms with Gasteiger partial charge in [-0.2, -0.15) is 0 Å². The summed E-state index contributed by atoms with van der Waals surface area (Å²) in [5.41, 5.74) is 2.96.